The van der Waals surface area contributed by atoms with E-state index in [-0.39, 0.29) is 0 Å². The lowest BCUT2D eigenvalue weighted by molar-refractivity contribution is 1.45. The largest absolute Gasteiger partial charge is 0.0985 e. The van der Waals surface area contributed by atoms with E-state index in [1.54, 1.807) is 6.08 Å². The molecule has 0 fully saturated rings. The number of allylic oxidation sites excluding steroid dienone is 7. The molecule has 0 atom stereocenters. The summed E-state index contributed by atoms with van der Waals surface area (Å²) in [5.41, 5.74) is 7.35. The number of benzene rings is 2. The molecule has 0 N–H and O–H groups in total. The van der Waals surface area contributed by atoms with Gasteiger partial charge in [0.2, 0.25) is 0 Å². The zero-order valence-corrected chi connectivity index (χ0v) is 15.8. The van der Waals surface area contributed by atoms with Crippen LogP contribution in [0.2, 0.25) is 0 Å². The van der Waals surface area contributed by atoms with Crippen molar-refractivity contribution in [2.24, 2.45) is 0 Å². The van der Waals surface area contributed by atoms with Gasteiger partial charge in [-0.05, 0) is 63.6 Å². The Balaban J connectivity index is 3.19. The van der Waals surface area contributed by atoms with Gasteiger partial charge in [-0.25, -0.2) is 0 Å². The van der Waals surface area contributed by atoms with E-state index in [1.165, 1.54) is 16.3 Å². The molecule has 0 heterocycles. The van der Waals surface area contributed by atoms with Crippen molar-refractivity contribution >= 4 is 28.5 Å². The maximum atomic E-state index is 4.14. The second kappa shape index (κ2) is 8.31. The van der Waals surface area contributed by atoms with Crippen LogP contribution in [0.15, 0.2) is 92.6 Å². The van der Waals surface area contributed by atoms with Crippen LogP contribution in [0.1, 0.15) is 29.2 Å². The Kier molecular flexibility index (Phi) is 6.14. The van der Waals surface area contributed by atoms with Crippen LogP contribution in [0.3, 0.4) is 0 Å². The average Bonchev–Trinajstić information content (AvgIpc) is 2.67. The minimum absolute atomic E-state index is 0.841. The molecule has 0 unspecified atom stereocenters. The van der Waals surface area contributed by atoms with Crippen LogP contribution < -0.4 is 0 Å². The number of hydrogen-bond donors (Lipinski definition) is 0. The van der Waals surface area contributed by atoms with Gasteiger partial charge in [-0.15, -0.1) is 0 Å². The van der Waals surface area contributed by atoms with Gasteiger partial charge in [0.15, 0.2) is 0 Å². The van der Waals surface area contributed by atoms with Gasteiger partial charge in [0, 0.05) is 0 Å². The molecule has 0 bridgehead atoms. The molecule has 0 amide bonds. The van der Waals surface area contributed by atoms with Crippen molar-refractivity contribution in [3.8, 4) is 0 Å². The normalized spacial score (nSPS) is 11.9. The topological polar surface area (TPSA) is 0 Å². The van der Waals surface area contributed by atoms with Gasteiger partial charge in [0.1, 0.15) is 0 Å². The minimum Gasteiger partial charge on any atom is -0.0985 e. The number of rotatable bonds is 7. The maximum Gasteiger partial charge on any atom is -0.00207 e. The zero-order valence-electron chi connectivity index (χ0n) is 15.8. The number of fused-ring (bicyclic) bond motifs is 1. The molecule has 26 heavy (non-hydrogen) atoms. The summed E-state index contributed by atoms with van der Waals surface area (Å²) >= 11 is 0. The van der Waals surface area contributed by atoms with Gasteiger partial charge >= 0.3 is 0 Å². The van der Waals surface area contributed by atoms with Crippen LogP contribution in [-0.4, -0.2) is 0 Å². The highest BCUT2D eigenvalue weighted by Gasteiger charge is 2.17. The van der Waals surface area contributed by atoms with Gasteiger partial charge in [-0.3, -0.25) is 0 Å². The fourth-order valence-electron chi connectivity index (χ4n) is 3.42. The summed E-state index contributed by atoms with van der Waals surface area (Å²) in [7, 11) is 0. The average molecular weight is 338 g/mol. The van der Waals surface area contributed by atoms with Crippen LogP contribution >= 0.6 is 0 Å². The number of hydrogen-bond acceptors (Lipinski definition) is 0. The molecule has 0 saturated carbocycles. The van der Waals surface area contributed by atoms with E-state index in [0.717, 1.165) is 33.4 Å². The van der Waals surface area contributed by atoms with Crippen molar-refractivity contribution in [3.05, 3.63) is 115 Å². The summed E-state index contributed by atoms with van der Waals surface area (Å²) in [6, 6.07) is 8.43. The van der Waals surface area contributed by atoms with Crippen LogP contribution in [0.4, 0.5) is 0 Å². The highest BCUT2D eigenvalue weighted by Crippen LogP contribution is 2.39. The van der Waals surface area contributed by atoms with Crippen LogP contribution in [0.25, 0.3) is 28.5 Å². The zero-order chi connectivity index (χ0) is 19.3. The van der Waals surface area contributed by atoms with E-state index in [4.69, 9.17) is 0 Å². The molecule has 0 saturated heterocycles. The van der Waals surface area contributed by atoms with E-state index in [1.807, 2.05) is 31.2 Å². The third-order valence-corrected chi connectivity index (χ3v) is 4.66. The SMILES string of the molecule is C=CC(=C)/C(C=C)=C(\C=C/C)c1c(C=C)c(C=C)c(C)c2ccccc12. The summed E-state index contributed by atoms with van der Waals surface area (Å²) in [4.78, 5) is 0. The van der Waals surface area contributed by atoms with Crippen molar-refractivity contribution in [2.45, 2.75) is 13.8 Å². The molecule has 2 aromatic rings. The lowest BCUT2D eigenvalue weighted by Gasteiger charge is -2.20. The predicted octanol–water partition coefficient (Wildman–Crippen LogP) is 7.69. The molecule has 0 aliphatic rings. The fourth-order valence-corrected chi connectivity index (χ4v) is 3.42. The molecule has 0 heteroatoms. The van der Waals surface area contributed by atoms with Crippen molar-refractivity contribution in [2.75, 3.05) is 0 Å². The van der Waals surface area contributed by atoms with Crippen LogP contribution in [0, 0.1) is 6.92 Å². The maximum absolute atomic E-state index is 4.14. The lowest BCUT2D eigenvalue weighted by atomic mass is 9.83. The highest BCUT2D eigenvalue weighted by molar-refractivity contribution is 6.05. The van der Waals surface area contributed by atoms with Gasteiger partial charge in [0.05, 0.1) is 0 Å². The molecule has 130 valence electrons. The Morgan fingerprint density at radius 3 is 2.00 bits per heavy atom. The first-order valence-corrected chi connectivity index (χ1v) is 8.67. The Labute approximate surface area is 157 Å². The van der Waals surface area contributed by atoms with Crippen molar-refractivity contribution in [3.63, 3.8) is 0 Å². The Hall–Kier alpha value is -3.12. The van der Waals surface area contributed by atoms with Crippen molar-refractivity contribution in [1.82, 2.24) is 0 Å². The number of aryl methyl sites for hydroxylation is 1. The van der Waals surface area contributed by atoms with Crippen LogP contribution in [0.5, 0.6) is 0 Å². The highest BCUT2D eigenvalue weighted by atomic mass is 14.2. The van der Waals surface area contributed by atoms with E-state index >= 15 is 0 Å². The first-order valence-electron chi connectivity index (χ1n) is 8.67. The van der Waals surface area contributed by atoms with E-state index < -0.39 is 0 Å². The molecule has 0 nitrogen and oxygen atoms in total. The Morgan fingerprint density at radius 2 is 1.50 bits per heavy atom. The summed E-state index contributed by atoms with van der Waals surface area (Å²) in [6.45, 7) is 24.3. The van der Waals surface area contributed by atoms with Gasteiger partial charge in [-0.1, -0.05) is 93.6 Å². The van der Waals surface area contributed by atoms with Crippen molar-refractivity contribution in [1.29, 1.82) is 0 Å². The molecular formula is C26H26. The fraction of sp³-hybridized carbons (Fsp3) is 0.0769. The molecular weight excluding hydrogens is 312 g/mol. The van der Waals surface area contributed by atoms with Crippen LogP contribution in [-0.2, 0) is 0 Å². The minimum atomic E-state index is 0.841. The predicted molar refractivity (Wildman–Crippen MR) is 120 cm³/mol. The lowest BCUT2D eigenvalue weighted by Crippen LogP contribution is -2.00. The van der Waals surface area contributed by atoms with Gasteiger partial charge in [0.25, 0.3) is 0 Å². The third-order valence-electron chi connectivity index (χ3n) is 4.66. The standard InChI is InChI=1S/C26H26/c1-8-15-24(20(10-3)18(6)9-2)26-22(12-5)21(11-4)19(7)23-16-13-14-17-25(23)26/h8-17H,2-6H2,1,7H3/b15-8-,24-20+. The molecule has 0 aliphatic heterocycles. The monoisotopic (exact) mass is 338 g/mol. The molecule has 2 aromatic carbocycles. The summed E-state index contributed by atoms with van der Waals surface area (Å²) in [5.74, 6) is 0. The smallest absolute Gasteiger partial charge is 0.00207 e. The van der Waals surface area contributed by atoms with E-state index in [9.17, 15) is 0 Å². The summed E-state index contributed by atoms with van der Waals surface area (Å²) in [5, 5.41) is 2.38. The molecule has 0 aliphatic carbocycles. The molecule has 2 rings (SSSR count). The third kappa shape index (κ3) is 3.19. The second-order valence-corrected chi connectivity index (χ2v) is 6.04. The Morgan fingerprint density at radius 1 is 0.885 bits per heavy atom. The van der Waals surface area contributed by atoms with Gasteiger partial charge < -0.3 is 0 Å². The first-order chi connectivity index (χ1) is 12.5. The van der Waals surface area contributed by atoms with E-state index in [0.29, 0.717) is 0 Å². The first kappa shape index (κ1) is 19.2. The summed E-state index contributed by atoms with van der Waals surface area (Å²) in [6.07, 6.45) is 11.6. The molecule has 0 radical (unpaired) electrons. The second-order valence-electron chi connectivity index (χ2n) is 6.04. The van der Waals surface area contributed by atoms with Gasteiger partial charge in [-0.2, -0.15) is 0 Å². The quantitative estimate of drug-likeness (QED) is 0.454. The molecule has 0 spiro atoms. The van der Waals surface area contributed by atoms with E-state index in [2.05, 4.69) is 70.2 Å². The Bertz CT molecular complexity index is 975. The summed E-state index contributed by atoms with van der Waals surface area (Å²) < 4.78 is 0. The van der Waals surface area contributed by atoms with Crippen molar-refractivity contribution < 1.29 is 0 Å². The molecule has 0 aromatic heterocycles.